The second kappa shape index (κ2) is 6.04. The number of carbonyl (C=O) groups is 1. The van der Waals surface area contributed by atoms with E-state index >= 15 is 0 Å². The Morgan fingerprint density at radius 1 is 1.56 bits per heavy atom. The molecular formula is C9H8INO4S. The van der Waals surface area contributed by atoms with Crippen molar-refractivity contribution in [1.29, 1.82) is 0 Å². The predicted octanol–water partition coefficient (Wildman–Crippen LogP) is 2.77. The van der Waals surface area contributed by atoms with Crippen molar-refractivity contribution in [1.82, 2.24) is 0 Å². The molecule has 0 aromatic heterocycles. The number of halogens is 1. The van der Waals surface area contributed by atoms with Gasteiger partial charge in [-0.15, -0.1) is 11.8 Å². The first kappa shape index (κ1) is 13.2. The van der Waals surface area contributed by atoms with Crippen LogP contribution in [0.5, 0.6) is 0 Å². The van der Waals surface area contributed by atoms with Crippen LogP contribution in [0.2, 0.25) is 0 Å². The molecule has 7 heteroatoms. The fraction of sp³-hybridized carbons (Fsp3) is 0.222. The van der Waals surface area contributed by atoms with Crippen LogP contribution in [0, 0.1) is 13.7 Å². The third-order valence-corrected chi connectivity index (χ3v) is 3.43. The van der Waals surface area contributed by atoms with Gasteiger partial charge in [0.05, 0.1) is 16.2 Å². The summed E-state index contributed by atoms with van der Waals surface area (Å²) in [6, 6.07) is 4.88. The fourth-order valence-electron chi connectivity index (χ4n) is 1.00. The average molecular weight is 353 g/mol. The molecule has 0 heterocycles. The van der Waals surface area contributed by atoms with E-state index in [4.69, 9.17) is 5.11 Å². The minimum absolute atomic E-state index is 0.00614. The summed E-state index contributed by atoms with van der Waals surface area (Å²) in [6.07, 6.45) is -0.00614. The first-order valence-corrected chi connectivity index (χ1v) is 6.35. The van der Waals surface area contributed by atoms with Crippen molar-refractivity contribution in [3.8, 4) is 0 Å². The van der Waals surface area contributed by atoms with Gasteiger partial charge in [0.2, 0.25) is 0 Å². The van der Waals surface area contributed by atoms with E-state index in [1.807, 2.05) is 22.6 Å². The van der Waals surface area contributed by atoms with Gasteiger partial charge in [-0.3, -0.25) is 14.9 Å². The largest absolute Gasteiger partial charge is 0.481 e. The standard InChI is InChI=1S/C9H8INO4S/c10-6-1-2-8(7(5-6)11(14)15)16-4-3-9(12)13/h1-2,5H,3-4H2,(H,12,13). The Kier molecular flexibility index (Phi) is 5.00. The van der Waals surface area contributed by atoms with Gasteiger partial charge in [0, 0.05) is 15.4 Å². The summed E-state index contributed by atoms with van der Waals surface area (Å²) in [5, 5.41) is 19.2. The van der Waals surface area contributed by atoms with E-state index in [-0.39, 0.29) is 12.1 Å². The lowest BCUT2D eigenvalue weighted by atomic mass is 10.3. The number of nitro groups is 1. The van der Waals surface area contributed by atoms with Crippen LogP contribution in [0.3, 0.4) is 0 Å². The first-order valence-electron chi connectivity index (χ1n) is 4.29. The zero-order chi connectivity index (χ0) is 12.1. The second-order valence-corrected chi connectivity index (χ2v) is 5.24. The van der Waals surface area contributed by atoms with Crippen LogP contribution < -0.4 is 0 Å². The van der Waals surface area contributed by atoms with Crippen LogP contribution in [0.1, 0.15) is 6.42 Å². The molecule has 0 radical (unpaired) electrons. The molecule has 0 aliphatic carbocycles. The van der Waals surface area contributed by atoms with E-state index in [0.29, 0.717) is 10.6 Å². The minimum Gasteiger partial charge on any atom is -0.481 e. The van der Waals surface area contributed by atoms with Crippen molar-refractivity contribution in [2.45, 2.75) is 11.3 Å². The molecule has 0 saturated carbocycles. The molecule has 0 aliphatic rings. The SMILES string of the molecule is O=C(O)CCSc1ccc(I)cc1[N+](=O)[O-]. The molecule has 86 valence electrons. The lowest BCUT2D eigenvalue weighted by molar-refractivity contribution is -0.387. The molecule has 0 saturated heterocycles. The van der Waals surface area contributed by atoms with E-state index in [1.165, 1.54) is 17.8 Å². The number of rotatable bonds is 5. The summed E-state index contributed by atoms with van der Waals surface area (Å²) < 4.78 is 0.784. The topological polar surface area (TPSA) is 80.4 Å². The van der Waals surface area contributed by atoms with E-state index in [0.717, 1.165) is 3.57 Å². The Bertz CT molecular complexity index is 424. The number of nitro benzene ring substituents is 1. The Morgan fingerprint density at radius 2 is 2.25 bits per heavy atom. The molecule has 0 aliphatic heterocycles. The van der Waals surface area contributed by atoms with Crippen molar-refractivity contribution < 1.29 is 14.8 Å². The van der Waals surface area contributed by atoms with Gasteiger partial charge in [0.15, 0.2) is 0 Å². The highest BCUT2D eigenvalue weighted by Gasteiger charge is 2.14. The Labute approximate surface area is 110 Å². The zero-order valence-corrected chi connectivity index (χ0v) is 11.0. The van der Waals surface area contributed by atoms with Gasteiger partial charge < -0.3 is 5.11 Å². The molecule has 0 atom stereocenters. The quantitative estimate of drug-likeness (QED) is 0.381. The normalized spacial score (nSPS) is 10.1. The van der Waals surface area contributed by atoms with Crippen LogP contribution in [-0.4, -0.2) is 21.8 Å². The number of benzene rings is 1. The van der Waals surface area contributed by atoms with Gasteiger partial charge >= 0.3 is 5.97 Å². The maximum atomic E-state index is 10.7. The maximum Gasteiger partial charge on any atom is 0.304 e. The van der Waals surface area contributed by atoms with Gasteiger partial charge in [0.25, 0.3) is 5.69 Å². The van der Waals surface area contributed by atoms with E-state index in [2.05, 4.69) is 0 Å². The summed E-state index contributed by atoms with van der Waals surface area (Å²) in [6.45, 7) is 0. The van der Waals surface area contributed by atoms with Gasteiger partial charge in [-0.1, -0.05) is 0 Å². The van der Waals surface area contributed by atoms with E-state index < -0.39 is 10.9 Å². The number of carboxylic acid groups (broad SMARTS) is 1. The third kappa shape index (κ3) is 3.97. The molecule has 0 amide bonds. The van der Waals surface area contributed by atoms with Gasteiger partial charge in [-0.2, -0.15) is 0 Å². The van der Waals surface area contributed by atoms with Crippen molar-refractivity contribution in [2.24, 2.45) is 0 Å². The van der Waals surface area contributed by atoms with Crippen molar-refractivity contribution >= 4 is 46.0 Å². The number of thioether (sulfide) groups is 1. The molecular weight excluding hydrogens is 345 g/mol. The molecule has 0 spiro atoms. The lowest BCUT2D eigenvalue weighted by Crippen LogP contribution is -1.97. The van der Waals surface area contributed by atoms with Crippen LogP contribution in [0.4, 0.5) is 5.69 Å². The highest BCUT2D eigenvalue weighted by molar-refractivity contribution is 14.1. The molecule has 5 nitrogen and oxygen atoms in total. The second-order valence-electron chi connectivity index (χ2n) is 2.86. The summed E-state index contributed by atoms with van der Waals surface area (Å²) in [5.41, 5.74) is 0.0299. The van der Waals surface area contributed by atoms with Crippen LogP contribution >= 0.6 is 34.4 Å². The maximum absolute atomic E-state index is 10.7. The summed E-state index contributed by atoms with van der Waals surface area (Å²) >= 11 is 3.18. The monoisotopic (exact) mass is 353 g/mol. The molecule has 1 rings (SSSR count). The minimum atomic E-state index is -0.902. The Balaban J connectivity index is 2.78. The number of nitrogens with zero attached hydrogens (tertiary/aromatic N) is 1. The number of aliphatic carboxylic acids is 1. The molecule has 16 heavy (non-hydrogen) atoms. The highest BCUT2D eigenvalue weighted by atomic mass is 127. The van der Waals surface area contributed by atoms with Crippen molar-refractivity contribution in [3.63, 3.8) is 0 Å². The molecule has 1 aromatic rings. The lowest BCUT2D eigenvalue weighted by Gasteiger charge is -2.02. The molecule has 0 fully saturated rings. The summed E-state index contributed by atoms with van der Waals surface area (Å²) in [4.78, 5) is 21.1. The fourth-order valence-corrected chi connectivity index (χ4v) is 2.42. The Hall–Kier alpha value is -0.830. The molecule has 0 bridgehead atoms. The first-order chi connectivity index (χ1) is 7.50. The van der Waals surface area contributed by atoms with Crippen LogP contribution in [0.15, 0.2) is 23.1 Å². The summed E-state index contributed by atoms with van der Waals surface area (Å²) in [7, 11) is 0. The highest BCUT2D eigenvalue weighted by Crippen LogP contribution is 2.30. The zero-order valence-electron chi connectivity index (χ0n) is 8.05. The van der Waals surface area contributed by atoms with Gasteiger partial charge in [0.1, 0.15) is 0 Å². The van der Waals surface area contributed by atoms with Crippen molar-refractivity contribution in [3.05, 3.63) is 31.9 Å². The summed E-state index contributed by atoms with van der Waals surface area (Å²) in [5.74, 6) is -0.572. The van der Waals surface area contributed by atoms with Crippen LogP contribution in [0.25, 0.3) is 0 Å². The van der Waals surface area contributed by atoms with Gasteiger partial charge in [-0.05, 0) is 34.7 Å². The smallest absolute Gasteiger partial charge is 0.304 e. The molecule has 1 aromatic carbocycles. The van der Waals surface area contributed by atoms with E-state index in [9.17, 15) is 14.9 Å². The number of hydrogen-bond donors (Lipinski definition) is 1. The predicted molar refractivity (Wildman–Crippen MR) is 68.8 cm³/mol. The molecule has 1 N–H and O–H groups in total. The van der Waals surface area contributed by atoms with Crippen LogP contribution in [-0.2, 0) is 4.79 Å². The third-order valence-electron chi connectivity index (χ3n) is 1.69. The number of carboxylic acids is 1. The Morgan fingerprint density at radius 3 is 2.81 bits per heavy atom. The average Bonchev–Trinajstić information content (AvgIpc) is 2.19. The van der Waals surface area contributed by atoms with Gasteiger partial charge in [-0.25, -0.2) is 0 Å². The number of hydrogen-bond acceptors (Lipinski definition) is 4. The van der Waals surface area contributed by atoms with E-state index in [1.54, 1.807) is 12.1 Å². The van der Waals surface area contributed by atoms with Crippen molar-refractivity contribution in [2.75, 3.05) is 5.75 Å². The molecule has 0 unspecified atom stereocenters.